The number of aryl methyl sites for hydroxylation is 1. The number of carbonyl (C=O) groups excluding carboxylic acids is 2. The monoisotopic (exact) mass is 466 g/mol. The van der Waals surface area contributed by atoms with Gasteiger partial charge in [-0.1, -0.05) is 57.9 Å². The average Bonchev–Trinajstić information content (AvgIpc) is 2.76. The van der Waals surface area contributed by atoms with E-state index in [0.29, 0.717) is 12.1 Å². The largest absolute Gasteiger partial charge is 0.377 e. The molecule has 3 aromatic rings. The lowest BCUT2D eigenvalue weighted by atomic mass is 9.92. The molecule has 3 aromatic carbocycles. The Bertz CT molecular complexity index is 1020. The van der Waals surface area contributed by atoms with E-state index in [2.05, 4.69) is 57.8 Å². The Balaban J connectivity index is 0.000000187. The summed E-state index contributed by atoms with van der Waals surface area (Å²) in [5.74, 6) is 5.10. The molecule has 1 aliphatic rings. The highest BCUT2D eigenvalue weighted by atomic mass is 79.9. The Kier molecular flexibility index (Phi) is 7.21. The summed E-state index contributed by atoms with van der Waals surface area (Å²) in [6.07, 6.45) is 0.528. The van der Waals surface area contributed by atoms with Gasteiger partial charge in [-0.15, -0.1) is 0 Å². The fourth-order valence-corrected chi connectivity index (χ4v) is 3.35. The number of para-hydroxylation sites is 1. The summed E-state index contributed by atoms with van der Waals surface area (Å²) in [5, 5.41) is 5.97. The number of amides is 2. The van der Waals surface area contributed by atoms with Crippen molar-refractivity contribution in [2.45, 2.75) is 19.4 Å². The topological polar surface area (TPSA) is 96.2 Å². The minimum Gasteiger partial charge on any atom is -0.377 e. The van der Waals surface area contributed by atoms with Crippen LogP contribution in [0.1, 0.15) is 33.9 Å². The number of carbonyl (C=O) groups is 2. The molecule has 4 rings (SSSR count). The zero-order chi connectivity index (χ0) is 21.5. The molecule has 30 heavy (non-hydrogen) atoms. The van der Waals surface area contributed by atoms with Crippen molar-refractivity contribution in [3.05, 3.63) is 94.0 Å². The molecule has 0 aliphatic carbocycles. The van der Waals surface area contributed by atoms with Crippen LogP contribution in [-0.2, 0) is 0 Å². The van der Waals surface area contributed by atoms with E-state index >= 15 is 0 Å². The first-order valence-electron chi connectivity index (χ1n) is 9.45. The van der Waals surface area contributed by atoms with Crippen molar-refractivity contribution in [2.24, 2.45) is 5.84 Å². The maximum Gasteiger partial charge on any atom is 0.333 e. The number of hydrogen-bond acceptors (Lipinski definition) is 4. The second kappa shape index (κ2) is 10.0. The number of halogens is 1. The highest BCUT2D eigenvalue weighted by molar-refractivity contribution is 9.10. The van der Waals surface area contributed by atoms with Crippen molar-refractivity contribution < 1.29 is 9.59 Å². The highest BCUT2D eigenvalue weighted by Gasteiger charge is 2.24. The number of Topliss-reactive ketones (excluding diaryl/α,β-unsaturated/α-hetero) is 1. The molecule has 0 bridgehead atoms. The number of nitrogens with two attached hydrogens (primary N) is 1. The van der Waals surface area contributed by atoms with Gasteiger partial charge in [-0.05, 0) is 48.9 Å². The molecule has 1 unspecified atom stereocenters. The van der Waals surface area contributed by atoms with Crippen LogP contribution in [0, 0.1) is 6.92 Å². The van der Waals surface area contributed by atoms with Gasteiger partial charge in [0.25, 0.3) is 0 Å². The van der Waals surface area contributed by atoms with E-state index in [4.69, 9.17) is 5.84 Å². The van der Waals surface area contributed by atoms with E-state index < -0.39 is 6.03 Å². The van der Waals surface area contributed by atoms with Crippen molar-refractivity contribution in [3.8, 4) is 0 Å². The van der Waals surface area contributed by atoms with Gasteiger partial charge in [-0.3, -0.25) is 10.2 Å². The molecule has 1 atom stereocenters. The Morgan fingerprint density at radius 1 is 1.03 bits per heavy atom. The fraction of sp³-hybridized carbons (Fsp3) is 0.130. The minimum absolute atomic E-state index is 0.0907. The molecule has 5 N–H and O–H groups in total. The summed E-state index contributed by atoms with van der Waals surface area (Å²) in [5.41, 5.74) is 6.82. The van der Waals surface area contributed by atoms with Crippen molar-refractivity contribution in [1.29, 1.82) is 0 Å². The summed E-state index contributed by atoms with van der Waals surface area (Å²) in [4.78, 5) is 22.8. The maximum absolute atomic E-state index is 12.1. The Morgan fingerprint density at radius 3 is 2.37 bits per heavy atom. The minimum atomic E-state index is -0.433. The third-order valence-electron chi connectivity index (χ3n) is 4.66. The quantitative estimate of drug-likeness (QED) is 0.237. The van der Waals surface area contributed by atoms with Gasteiger partial charge in [0, 0.05) is 27.8 Å². The van der Waals surface area contributed by atoms with Gasteiger partial charge in [0.05, 0.1) is 6.04 Å². The number of hydrogen-bond donors (Lipinski definition) is 4. The van der Waals surface area contributed by atoms with Gasteiger partial charge in [0.15, 0.2) is 5.78 Å². The zero-order valence-corrected chi connectivity index (χ0v) is 18.1. The summed E-state index contributed by atoms with van der Waals surface area (Å²) < 4.78 is 0.959. The number of anilines is 2. The Labute approximate surface area is 184 Å². The second-order valence-corrected chi connectivity index (χ2v) is 7.80. The molecule has 7 heteroatoms. The second-order valence-electron chi connectivity index (χ2n) is 6.89. The van der Waals surface area contributed by atoms with Gasteiger partial charge in [0.2, 0.25) is 0 Å². The molecule has 1 aliphatic heterocycles. The van der Waals surface area contributed by atoms with Crippen molar-refractivity contribution >= 4 is 39.1 Å². The summed E-state index contributed by atoms with van der Waals surface area (Å²) >= 11 is 3.28. The number of rotatable bonds is 2. The lowest BCUT2D eigenvalue weighted by Crippen LogP contribution is -2.34. The molecule has 0 fully saturated rings. The first-order chi connectivity index (χ1) is 14.5. The summed E-state index contributed by atoms with van der Waals surface area (Å²) in [7, 11) is 0. The first-order valence-corrected chi connectivity index (χ1v) is 10.2. The molecule has 0 spiro atoms. The van der Waals surface area contributed by atoms with E-state index in [0.717, 1.165) is 15.7 Å². The summed E-state index contributed by atoms with van der Waals surface area (Å²) in [6.45, 7) is 2.07. The van der Waals surface area contributed by atoms with E-state index in [-0.39, 0.29) is 11.8 Å². The van der Waals surface area contributed by atoms with Crippen molar-refractivity contribution in [1.82, 2.24) is 5.43 Å². The predicted molar refractivity (Wildman–Crippen MR) is 123 cm³/mol. The van der Waals surface area contributed by atoms with Gasteiger partial charge in [0.1, 0.15) is 0 Å². The van der Waals surface area contributed by atoms with Crippen LogP contribution in [0.3, 0.4) is 0 Å². The van der Waals surface area contributed by atoms with Crippen LogP contribution in [0.2, 0.25) is 0 Å². The number of fused-ring (bicyclic) bond motifs is 1. The molecule has 6 nitrogen and oxygen atoms in total. The van der Waals surface area contributed by atoms with Crippen LogP contribution in [0.25, 0.3) is 0 Å². The van der Waals surface area contributed by atoms with Crippen molar-refractivity contribution in [3.63, 3.8) is 0 Å². The van der Waals surface area contributed by atoms with Gasteiger partial charge < -0.3 is 10.6 Å². The predicted octanol–water partition coefficient (Wildman–Crippen LogP) is 5.18. The highest BCUT2D eigenvalue weighted by Crippen LogP contribution is 2.32. The normalized spacial score (nSPS) is 14.5. The molecule has 154 valence electrons. The lowest BCUT2D eigenvalue weighted by Gasteiger charge is -2.26. The Hall–Kier alpha value is -3.16. The van der Waals surface area contributed by atoms with Crippen LogP contribution in [0.5, 0.6) is 0 Å². The Morgan fingerprint density at radius 2 is 1.70 bits per heavy atom. The van der Waals surface area contributed by atoms with E-state index in [1.165, 1.54) is 11.1 Å². The van der Waals surface area contributed by atoms with Crippen molar-refractivity contribution in [2.75, 3.05) is 10.6 Å². The third kappa shape index (κ3) is 5.68. The SMILES string of the molecule is Cc1ccc(C2CC(=O)c3ccccc3N2)cc1.NNC(=O)Nc1ccc(Br)cc1. The van der Waals surface area contributed by atoms with Gasteiger partial charge >= 0.3 is 6.03 Å². The number of nitrogens with one attached hydrogen (secondary N) is 3. The number of hydrazine groups is 1. The van der Waals surface area contributed by atoms with Crippen LogP contribution in [0.4, 0.5) is 16.2 Å². The van der Waals surface area contributed by atoms with Crippen LogP contribution >= 0.6 is 15.9 Å². The molecule has 0 saturated carbocycles. The zero-order valence-electron chi connectivity index (χ0n) is 16.5. The van der Waals surface area contributed by atoms with Crippen LogP contribution in [-0.4, -0.2) is 11.8 Å². The molecule has 0 aromatic heterocycles. The maximum atomic E-state index is 12.1. The third-order valence-corrected chi connectivity index (χ3v) is 5.19. The lowest BCUT2D eigenvalue weighted by molar-refractivity contribution is 0.0972. The van der Waals surface area contributed by atoms with Crippen LogP contribution < -0.4 is 21.9 Å². The van der Waals surface area contributed by atoms with E-state index in [9.17, 15) is 9.59 Å². The number of urea groups is 1. The standard InChI is InChI=1S/C16H15NO.C7H8BrN3O/c1-11-6-8-12(9-7-11)15-10-16(18)13-4-2-3-5-14(13)17-15;8-5-1-3-6(4-2-5)10-7(12)11-9/h2-9,15,17H,10H2,1H3;1-4H,9H2,(H2,10,11,12). The van der Waals surface area contributed by atoms with Gasteiger partial charge in [-0.2, -0.15) is 0 Å². The molecule has 0 saturated heterocycles. The number of ketones is 1. The average molecular weight is 467 g/mol. The molecular weight excluding hydrogens is 444 g/mol. The molecule has 2 amide bonds. The molecular formula is C23H23BrN4O2. The van der Waals surface area contributed by atoms with E-state index in [1.807, 2.05) is 41.8 Å². The number of benzene rings is 3. The van der Waals surface area contributed by atoms with Crippen LogP contribution in [0.15, 0.2) is 77.3 Å². The molecule has 0 radical (unpaired) electrons. The summed E-state index contributed by atoms with van der Waals surface area (Å²) in [6, 6.07) is 22.9. The smallest absolute Gasteiger partial charge is 0.333 e. The van der Waals surface area contributed by atoms with E-state index in [1.54, 1.807) is 12.1 Å². The molecule has 1 heterocycles. The fourth-order valence-electron chi connectivity index (χ4n) is 3.09. The van der Waals surface area contributed by atoms with Gasteiger partial charge in [-0.25, -0.2) is 10.6 Å². The first kappa shape index (κ1) is 21.5.